The predicted octanol–water partition coefficient (Wildman–Crippen LogP) is -0.444. The van der Waals surface area contributed by atoms with Crippen molar-refractivity contribution in [3.63, 3.8) is 0 Å². The van der Waals surface area contributed by atoms with Crippen LogP contribution < -0.4 is 0 Å². The fraction of sp³-hybridized carbons (Fsp3) is 0. The summed E-state index contributed by atoms with van der Waals surface area (Å²) in [5, 5.41) is 0. The zero-order valence-electron chi connectivity index (χ0n) is 2.53. The van der Waals surface area contributed by atoms with Gasteiger partial charge in [0.25, 0.3) is 0 Å². The number of rotatable bonds is 1. The Balaban J connectivity index is 4.25. The largest absolute Gasteiger partial charge is 0.413 e. The van der Waals surface area contributed by atoms with E-state index in [1.807, 2.05) is 0 Å². The fourth-order valence-corrected chi connectivity index (χ4v) is 0. The van der Waals surface area contributed by atoms with Gasteiger partial charge in [-0.1, -0.05) is 0 Å². The highest BCUT2D eigenvalue weighted by Crippen LogP contribution is 1.75. The quantitative estimate of drug-likeness (QED) is 0.367. The molecule has 1 N–H and O–H groups in total. The van der Waals surface area contributed by atoms with Crippen molar-refractivity contribution in [1.29, 1.82) is 0 Å². The molecule has 0 aromatic heterocycles. The van der Waals surface area contributed by atoms with Crippen LogP contribution in [0.15, 0.2) is 4.58 Å². The van der Waals surface area contributed by atoms with Crippen molar-refractivity contribution in [2.75, 3.05) is 0 Å². The van der Waals surface area contributed by atoms with E-state index in [-0.39, 0.29) is 0 Å². The second-order valence-corrected chi connectivity index (χ2v) is 1.57. The van der Waals surface area contributed by atoms with Gasteiger partial charge < -0.3 is 0 Å². The van der Waals surface area contributed by atoms with Crippen molar-refractivity contribution in [3.05, 3.63) is 4.91 Å². The van der Waals surface area contributed by atoms with Gasteiger partial charge in [-0.05, 0) is 0 Å². The molecular weight excluding hydrogens is 110 g/mol. The molecule has 0 amide bonds. The monoisotopic (exact) mass is 111 g/mol. The molecule has 0 atom stereocenters. The van der Waals surface area contributed by atoms with Gasteiger partial charge in [0.2, 0.25) is 0 Å². The van der Waals surface area contributed by atoms with E-state index in [0.29, 0.717) is 0 Å². The molecule has 0 aromatic carbocycles. The van der Waals surface area contributed by atoms with Gasteiger partial charge in [0.15, 0.2) is 0 Å². The highest BCUT2D eigenvalue weighted by atomic mass is 32.2. The fourth-order valence-electron chi connectivity index (χ4n) is 0. The first-order chi connectivity index (χ1) is 2.56. The van der Waals surface area contributed by atoms with Gasteiger partial charge in [0, 0.05) is 0 Å². The lowest BCUT2D eigenvalue weighted by Gasteiger charge is -1.67. The SMILES string of the molecule is O=NS(=O)(=O)O. The zero-order valence-corrected chi connectivity index (χ0v) is 3.34. The first-order valence-corrected chi connectivity index (χ1v) is 2.28. The van der Waals surface area contributed by atoms with Gasteiger partial charge in [-0.25, -0.2) is 0 Å². The van der Waals surface area contributed by atoms with Crippen LogP contribution in [0.3, 0.4) is 0 Å². The third kappa shape index (κ3) is 3.51. The van der Waals surface area contributed by atoms with Gasteiger partial charge >= 0.3 is 10.3 Å². The normalized spacial score (nSPS) is 10.8. The maximum Gasteiger partial charge on any atom is 0.413 e. The highest BCUT2D eigenvalue weighted by Gasteiger charge is 1.95. The summed E-state index contributed by atoms with van der Waals surface area (Å²) in [4.78, 5) is 8.74. The van der Waals surface area contributed by atoms with E-state index in [2.05, 4.69) is 0 Å². The van der Waals surface area contributed by atoms with Crippen LogP contribution in [0.2, 0.25) is 0 Å². The molecular formula is HNO4S. The van der Waals surface area contributed by atoms with Crippen LogP contribution >= 0.6 is 0 Å². The zero-order chi connectivity index (χ0) is 5.21. The van der Waals surface area contributed by atoms with Crippen molar-refractivity contribution in [3.8, 4) is 0 Å². The molecule has 6 heteroatoms. The van der Waals surface area contributed by atoms with Gasteiger partial charge in [0.05, 0.1) is 4.58 Å². The molecule has 0 rings (SSSR count). The predicted molar refractivity (Wildman–Crippen MR) is 17.3 cm³/mol. The molecule has 5 nitrogen and oxygen atoms in total. The molecule has 0 unspecified atom stereocenters. The summed E-state index contributed by atoms with van der Waals surface area (Å²) < 4.78 is 26.8. The van der Waals surface area contributed by atoms with E-state index in [0.717, 1.165) is 0 Å². The maximum atomic E-state index is 9.08. The summed E-state index contributed by atoms with van der Waals surface area (Å²) in [6, 6.07) is 0. The third-order valence-electron chi connectivity index (χ3n) is 0.0942. The Kier molecular flexibility index (Phi) is 1.20. The topological polar surface area (TPSA) is 83.8 Å². The van der Waals surface area contributed by atoms with Crippen molar-refractivity contribution < 1.29 is 13.0 Å². The Morgan fingerprint density at radius 2 is 1.67 bits per heavy atom. The molecule has 0 aromatic rings. The Labute approximate surface area is 33.8 Å². The summed E-state index contributed by atoms with van der Waals surface area (Å²) in [5.74, 6) is 0. The summed E-state index contributed by atoms with van der Waals surface area (Å²) >= 11 is 0. The highest BCUT2D eigenvalue weighted by molar-refractivity contribution is 7.84. The molecule has 0 saturated heterocycles. The molecule has 0 aliphatic carbocycles. The van der Waals surface area contributed by atoms with Gasteiger partial charge in [0.1, 0.15) is 0 Å². The molecule has 0 bridgehead atoms. The second kappa shape index (κ2) is 1.31. The smallest absolute Gasteiger partial charge is 0.266 e. The lowest BCUT2D eigenvalue weighted by atomic mass is 13.7. The third-order valence-corrected chi connectivity index (χ3v) is 0.283. The van der Waals surface area contributed by atoms with E-state index in [1.165, 1.54) is 4.58 Å². The molecule has 0 fully saturated rings. The number of hydrogen-bond donors (Lipinski definition) is 1. The summed E-state index contributed by atoms with van der Waals surface area (Å²) in [5.41, 5.74) is 0. The van der Waals surface area contributed by atoms with Crippen LogP contribution in [0.5, 0.6) is 0 Å². The number of nitrogens with zero attached hydrogens (tertiary/aromatic N) is 1. The Bertz CT molecular complexity index is 118. The Morgan fingerprint density at radius 3 is 1.67 bits per heavy atom. The summed E-state index contributed by atoms with van der Waals surface area (Å²) in [6.07, 6.45) is 0. The lowest BCUT2D eigenvalue weighted by Crippen LogP contribution is -1.86. The van der Waals surface area contributed by atoms with Crippen LogP contribution in [-0.2, 0) is 10.3 Å². The van der Waals surface area contributed by atoms with Crippen LogP contribution in [0.4, 0.5) is 0 Å². The second-order valence-electron chi connectivity index (χ2n) is 0.522. The van der Waals surface area contributed by atoms with Gasteiger partial charge in [-0.15, -0.1) is 4.91 Å². The minimum Gasteiger partial charge on any atom is -0.266 e. The van der Waals surface area contributed by atoms with Gasteiger partial charge in [-0.2, -0.15) is 8.42 Å². The molecule has 0 heterocycles. The standard InChI is InChI=1S/HNO4S/c2-1-6(3,4)5/h(H,3,4,5). The minimum atomic E-state index is -4.59. The van der Waals surface area contributed by atoms with Crippen LogP contribution in [0, 0.1) is 4.91 Å². The van der Waals surface area contributed by atoms with Crippen LogP contribution in [0.25, 0.3) is 0 Å². The van der Waals surface area contributed by atoms with Crippen LogP contribution in [-0.4, -0.2) is 13.0 Å². The number of nitroso groups, excluding NO2 is 1. The van der Waals surface area contributed by atoms with Gasteiger partial charge in [-0.3, -0.25) is 4.55 Å². The first-order valence-electron chi connectivity index (χ1n) is 0.881. The Hall–Kier alpha value is -0.490. The summed E-state index contributed by atoms with van der Waals surface area (Å²) in [7, 11) is -4.59. The summed E-state index contributed by atoms with van der Waals surface area (Å²) in [6.45, 7) is 0. The molecule has 0 radical (unpaired) electrons. The van der Waals surface area contributed by atoms with E-state index in [4.69, 9.17) is 17.9 Å². The van der Waals surface area contributed by atoms with Crippen molar-refractivity contribution in [1.82, 2.24) is 0 Å². The molecule has 0 saturated carbocycles. The van der Waals surface area contributed by atoms with Crippen molar-refractivity contribution in [2.45, 2.75) is 0 Å². The molecule has 0 spiro atoms. The van der Waals surface area contributed by atoms with Crippen molar-refractivity contribution in [2.24, 2.45) is 4.58 Å². The van der Waals surface area contributed by atoms with Crippen molar-refractivity contribution >= 4 is 10.3 Å². The maximum absolute atomic E-state index is 9.08. The minimum absolute atomic E-state index is 1.30. The van der Waals surface area contributed by atoms with E-state index < -0.39 is 10.3 Å². The van der Waals surface area contributed by atoms with E-state index >= 15 is 0 Å². The molecule has 36 valence electrons. The van der Waals surface area contributed by atoms with E-state index in [1.54, 1.807) is 0 Å². The average molecular weight is 111 g/mol. The number of hydrogen-bond acceptors (Lipinski definition) is 3. The average Bonchev–Trinajstić information content (AvgIpc) is 1.35. The molecule has 0 aliphatic heterocycles. The van der Waals surface area contributed by atoms with E-state index in [9.17, 15) is 0 Å². The first kappa shape index (κ1) is 5.51. The molecule has 0 aliphatic rings. The Morgan fingerprint density at radius 1 is 1.50 bits per heavy atom. The van der Waals surface area contributed by atoms with Crippen LogP contribution in [0.1, 0.15) is 0 Å². The lowest BCUT2D eigenvalue weighted by molar-refractivity contribution is 0.485. The molecule has 6 heavy (non-hydrogen) atoms.